The van der Waals surface area contributed by atoms with E-state index in [4.69, 9.17) is 9.15 Å². The van der Waals surface area contributed by atoms with E-state index in [1.54, 1.807) is 48.5 Å². The van der Waals surface area contributed by atoms with Crippen LogP contribution in [0.1, 0.15) is 28.8 Å². The molecule has 0 aliphatic heterocycles. The topological polar surface area (TPSA) is 83.8 Å². The number of aryl methyl sites for hydroxylation is 1. The summed E-state index contributed by atoms with van der Waals surface area (Å²) in [6.07, 6.45) is 0. The molecule has 3 aromatic rings. The van der Waals surface area contributed by atoms with Gasteiger partial charge in [-0.3, -0.25) is 14.5 Å². The molecule has 0 aliphatic rings. The number of carbonyl (C=O) groups excluding carboxylic acids is 2. The van der Waals surface area contributed by atoms with Crippen LogP contribution in [0.25, 0.3) is 0 Å². The van der Waals surface area contributed by atoms with Gasteiger partial charge in [0.15, 0.2) is 0 Å². The minimum absolute atomic E-state index is 0.161. The lowest BCUT2D eigenvalue weighted by Crippen LogP contribution is -2.30. The molecule has 31 heavy (non-hydrogen) atoms. The maximum Gasteiger partial charge on any atom is 0.257 e. The summed E-state index contributed by atoms with van der Waals surface area (Å²) in [5.41, 5.74) is 1.48. The smallest absolute Gasteiger partial charge is 0.257 e. The number of hydrogen-bond acceptors (Lipinski definition) is 5. The van der Waals surface area contributed by atoms with Gasteiger partial charge in [0.2, 0.25) is 5.91 Å². The van der Waals surface area contributed by atoms with Crippen LogP contribution in [-0.4, -0.2) is 36.9 Å². The molecule has 2 N–H and O–H groups in total. The summed E-state index contributed by atoms with van der Waals surface area (Å²) in [4.78, 5) is 27.1. The van der Waals surface area contributed by atoms with Crippen LogP contribution in [0.4, 0.5) is 11.4 Å². The Hall–Kier alpha value is -3.58. The van der Waals surface area contributed by atoms with Gasteiger partial charge in [0.25, 0.3) is 5.91 Å². The predicted molar refractivity (Wildman–Crippen MR) is 120 cm³/mol. The van der Waals surface area contributed by atoms with Crippen molar-refractivity contribution < 1.29 is 18.7 Å². The number of hydrogen-bond donors (Lipinski definition) is 2. The zero-order chi connectivity index (χ0) is 22.2. The van der Waals surface area contributed by atoms with Gasteiger partial charge in [-0.1, -0.05) is 12.1 Å². The van der Waals surface area contributed by atoms with Crippen molar-refractivity contribution in [3.63, 3.8) is 0 Å². The largest absolute Gasteiger partial charge is 0.494 e. The second-order valence-corrected chi connectivity index (χ2v) is 7.19. The van der Waals surface area contributed by atoms with E-state index in [2.05, 4.69) is 10.6 Å². The number of likely N-dealkylation sites (N-methyl/N-ethyl adjacent to an activating group) is 1. The average Bonchev–Trinajstić information content (AvgIpc) is 3.14. The molecule has 0 fully saturated rings. The highest BCUT2D eigenvalue weighted by Crippen LogP contribution is 2.20. The van der Waals surface area contributed by atoms with Gasteiger partial charge >= 0.3 is 0 Å². The van der Waals surface area contributed by atoms with E-state index in [1.165, 1.54) is 0 Å². The molecular formula is C24H27N3O4. The third-order valence-corrected chi connectivity index (χ3v) is 4.50. The van der Waals surface area contributed by atoms with Crippen molar-refractivity contribution in [2.75, 3.05) is 30.8 Å². The average molecular weight is 421 g/mol. The fraction of sp³-hybridized carbons (Fsp3) is 0.250. The number of ether oxygens (including phenoxy) is 1. The Morgan fingerprint density at radius 3 is 2.42 bits per heavy atom. The molecule has 1 heterocycles. The van der Waals surface area contributed by atoms with E-state index in [-0.39, 0.29) is 18.4 Å². The second-order valence-electron chi connectivity index (χ2n) is 7.19. The number of nitrogens with one attached hydrogen (secondary N) is 2. The van der Waals surface area contributed by atoms with Crippen LogP contribution in [0, 0.1) is 6.92 Å². The van der Waals surface area contributed by atoms with Gasteiger partial charge in [-0.25, -0.2) is 0 Å². The Labute approximate surface area is 182 Å². The van der Waals surface area contributed by atoms with Crippen molar-refractivity contribution in [3.05, 3.63) is 77.7 Å². The highest BCUT2D eigenvalue weighted by molar-refractivity contribution is 6.10. The highest BCUT2D eigenvalue weighted by Gasteiger charge is 2.15. The predicted octanol–water partition coefficient (Wildman–Crippen LogP) is 4.31. The van der Waals surface area contributed by atoms with Gasteiger partial charge in [-0.2, -0.15) is 0 Å². The lowest BCUT2D eigenvalue weighted by molar-refractivity contribution is -0.117. The summed E-state index contributed by atoms with van der Waals surface area (Å²) in [7, 11) is 1.84. The van der Waals surface area contributed by atoms with Crippen LogP contribution in [-0.2, 0) is 11.3 Å². The van der Waals surface area contributed by atoms with E-state index in [9.17, 15) is 9.59 Å². The van der Waals surface area contributed by atoms with Gasteiger partial charge in [-0.15, -0.1) is 0 Å². The molecule has 2 amide bonds. The summed E-state index contributed by atoms with van der Waals surface area (Å²) in [6.45, 7) is 5.05. The fourth-order valence-corrected chi connectivity index (χ4v) is 3.12. The third-order valence-electron chi connectivity index (χ3n) is 4.50. The molecule has 0 unspecified atom stereocenters. The molecule has 1 aromatic heterocycles. The van der Waals surface area contributed by atoms with E-state index in [1.807, 2.05) is 37.9 Å². The van der Waals surface area contributed by atoms with E-state index in [0.717, 1.165) is 17.3 Å². The lowest BCUT2D eigenvalue weighted by atomic mass is 10.1. The van der Waals surface area contributed by atoms with Crippen molar-refractivity contribution in [2.24, 2.45) is 0 Å². The van der Waals surface area contributed by atoms with Crippen LogP contribution in [0.2, 0.25) is 0 Å². The fourth-order valence-electron chi connectivity index (χ4n) is 3.12. The first kappa shape index (κ1) is 22.1. The van der Waals surface area contributed by atoms with Gasteiger partial charge in [0.1, 0.15) is 17.3 Å². The standard InChI is InChI=1S/C24H27N3O4/c1-4-30-19-13-10-18(11-14-19)25-24(29)21-7-5-6-8-22(21)26-23(28)16-27(3)15-20-12-9-17(2)31-20/h5-14H,4,15-16H2,1-3H3,(H,25,29)(H,26,28). The maximum atomic E-state index is 12.8. The Balaban J connectivity index is 1.61. The number of amides is 2. The number of furan rings is 1. The number of nitrogens with zero attached hydrogens (tertiary/aromatic N) is 1. The van der Waals surface area contributed by atoms with Crippen molar-refractivity contribution >= 4 is 23.2 Å². The van der Waals surface area contributed by atoms with Crippen LogP contribution in [0.5, 0.6) is 5.75 Å². The van der Waals surface area contributed by atoms with Gasteiger partial charge in [0.05, 0.1) is 30.9 Å². The van der Waals surface area contributed by atoms with Gasteiger partial charge in [-0.05, 0) is 69.4 Å². The van der Waals surface area contributed by atoms with Gasteiger partial charge in [0, 0.05) is 5.69 Å². The number of rotatable bonds is 9. The molecule has 0 aliphatic carbocycles. The minimum atomic E-state index is -0.306. The van der Waals surface area contributed by atoms with E-state index >= 15 is 0 Å². The molecule has 0 spiro atoms. The lowest BCUT2D eigenvalue weighted by Gasteiger charge is -2.16. The van der Waals surface area contributed by atoms with Crippen LogP contribution < -0.4 is 15.4 Å². The normalized spacial score (nSPS) is 10.7. The molecule has 0 saturated carbocycles. The number of para-hydroxylation sites is 1. The first-order chi connectivity index (χ1) is 14.9. The molecule has 2 aromatic carbocycles. The maximum absolute atomic E-state index is 12.8. The Kier molecular flexibility index (Phi) is 7.45. The summed E-state index contributed by atoms with van der Waals surface area (Å²) in [5.74, 6) is 1.84. The van der Waals surface area contributed by atoms with Crippen LogP contribution >= 0.6 is 0 Å². The van der Waals surface area contributed by atoms with Crippen molar-refractivity contribution in [2.45, 2.75) is 20.4 Å². The van der Waals surface area contributed by atoms with Crippen molar-refractivity contribution in [1.29, 1.82) is 0 Å². The first-order valence-electron chi connectivity index (χ1n) is 10.1. The molecule has 162 valence electrons. The van der Waals surface area contributed by atoms with Crippen LogP contribution in [0.15, 0.2) is 65.1 Å². The Morgan fingerprint density at radius 2 is 1.74 bits per heavy atom. The molecule has 7 nitrogen and oxygen atoms in total. The highest BCUT2D eigenvalue weighted by atomic mass is 16.5. The quantitative estimate of drug-likeness (QED) is 0.538. The number of anilines is 2. The summed E-state index contributed by atoms with van der Waals surface area (Å²) in [5, 5.41) is 5.68. The molecule has 0 radical (unpaired) electrons. The van der Waals surface area contributed by atoms with E-state index < -0.39 is 0 Å². The summed E-state index contributed by atoms with van der Waals surface area (Å²) < 4.78 is 11.0. The summed E-state index contributed by atoms with van der Waals surface area (Å²) in [6, 6.07) is 17.8. The second kappa shape index (κ2) is 10.4. The zero-order valence-electron chi connectivity index (χ0n) is 18.0. The third kappa shape index (κ3) is 6.45. The zero-order valence-corrected chi connectivity index (χ0v) is 18.0. The Morgan fingerprint density at radius 1 is 1.00 bits per heavy atom. The first-order valence-corrected chi connectivity index (χ1v) is 10.1. The Bertz CT molecular complexity index is 1030. The van der Waals surface area contributed by atoms with Crippen molar-refractivity contribution in [1.82, 2.24) is 4.90 Å². The number of benzene rings is 2. The SMILES string of the molecule is CCOc1ccc(NC(=O)c2ccccc2NC(=O)CN(C)Cc2ccc(C)o2)cc1. The van der Waals surface area contributed by atoms with E-state index in [0.29, 0.717) is 30.1 Å². The molecule has 0 atom stereocenters. The minimum Gasteiger partial charge on any atom is -0.494 e. The van der Waals surface area contributed by atoms with Crippen LogP contribution in [0.3, 0.4) is 0 Å². The molecular weight excluding hydrogens is 394 g/mol. The monoisotopic (exact) mass is 421 g/mol. The molecule has 0 bridgehead atoms. The summed E-state index contributed by atoms with van der Waals surface area (Å²) >= 11 is 0. The van der Waals surface area contributed by atoms with Crippen molar-refractivity contribution in [3.8, 4) is 5.75 Å². The molecule has 0 saturated heterocycles. The van der Waals surface area contributed by atoms with Gasteiger partial charge < -0.3 is 19.8 Å². The molecule has 7 heteroatoms. The molecule has 3 rings (SSSR count). The number of carbonyl (C=O) groups is 2.